The number of carbonyl (C=O) groups is 1. The third kappa shape index (κ3) is 4.43. The van der Waals surface area contributed by atoms with Gasteiger partial charge in [0, 0.05) is 5.56 Å². The first kappa shape index (κ1) is 15.3. The average molecular weight is 284 g/mol. The number of aryl methyl sites for hydroxylation is 1. The molecular formula is C18H20O3. The molecule has 0 saturated heterocycles. The number of Topliss-reactive ketones (excluding diaryl/α,β-unsaturated/α-hetero) is 1. The lowest BCUT2D eigenvalue weighted by Gasteiger charge is -2.07. The minimum atomic E-state index is -0.0487. The maximum atomic E-state index is 12.1. The Kier molecular flexibility index (Phi) is 5.52. The van der Waals surface area contributed by atoms with Crippen molar-refractivity contribution >= 4 is 5.78 Å². The van der Waals surface area contributed by atoms with Crippen LogP contribution in [0.5, 0.6) is 5.75 Å². The zero-order valence-corrected chi connectivity index (χ0v) is 12.2. The summed E-state index contributed by atoms with van der Waals surface area (Å²) in [6.07, 6.45) is 2.12. The van der Waals surface area contributed by atoms with Gasteiger partial charge in [-0.05, 0) is 29.7 Å². The van der Waals surface area contributed by atoms with Crippen LogP contribution in [0.15, 0.2) is 48.5 Å². The average Bonchev–Trinajstić information content (AvgIpc) is 2.54. The van der Waals surface area contributed by atoms with Crippen LogP contribution in [0.25, 0.3) is 0 Å². The fourth-order valence-electron chi connectivity index (χ4n) is 2.11. The predicted octanol–water partition coefficient (Wildman–Crippen LogP) is 3.39. The normalized spacial score (nSPS) is 10.4. The van der Waals surface area contributed by atoms with Crippen molar-refractivity contribution in [2.24, 2.45) is 0 Å². The highest BCUT2D eigenvalue weighted by Crippen LogP contribution is 2.14. The Morgan fingerprint density at radius 1 is 1.10 bits per heavy atom. The van der Waals surface area contributed by atoms with Gasteiger partial charge < -0.3 is 9.84 Å². The van der Waals surface area contributed by atoms with Gasteiger partial charge in [-0.2, -0.15) is 0 Å². The number of ether oxygens (including phenoxy) is 1. The molecule has 0 bridgehead atoms. The number of aliphatic hydroxyl groups excluding tert-OH is 1. The van der Waals surface area contributed by atoms with E-state index in [0.717, 1.165) is 18.4 Å². The van der Waals surface area contributed by atoms with Gasteiger partial charge in [-0.15, -0.1) is 0 Å². The molecule has 0 aliphatic heterocycles. The van der Waals surface area contributed by atoms with Crippen LogP contribution < -0.4 is 4.74 Å². The van der Waals surface area contributed by atoms with E-state index in [0.29, 0.717) is 11.3 Å². The van der Waals surface area contributed by atoms with Crippen molar-refractivity contribution in [2.45, 2.75) is 26.4 Å². The highest BCUT2D eigenvalue weighted by molar-refractivity contribution is 5.97. The van der Waals surface area contributed by atoms with Crippen LogP contribution in [0, 0.1) is 0 Å². The van der Waals surface area contributed by atoms with E-state index in [9.17, 15) is 4.79 Å². The summed E-state index contributed by atoms with van der Waals surface area (Å²) in [6.45, 7) is 2.10. The first-order chi connectivity index (χ1) is 10.2. The Morgan fingerprint density at radius 3 is 2.52 bits per heavy atom. The number of hydrogen-bond acceptors (Lipinski definition) is 3. The minimum absolute atomic E-state index is 0.00199. The summed E-state index contributed by atoms with van der Waals surface area (Å²) in [5.41, 5.74) is 2.67. The van der Waals surface area contributed by atoms with Crippen molar-refractivity contribution in [1.82, 2.24) is 0 Å². The van der Waals surface area contributed by atoms with Crippen LogP contribution >= 0.6 is 0 Å². The molecule has 0 saturated carbocycles. The molecule has 0 unspecified atom stereocenters. The fraction of sp³-hybridized carbons (Fsp3) is 0.278. The highest BCUT2D eigenvalue weighted by Gasteiger charge is 2.07. The summed E-state index contributed by atoms with van der Waals surface area (Å²) in [4.78, 5) is 12.1. The molecule has 0 aliphatic carbocycles. The largest absolute Gasteiger partial charge is 0.485 e. The van der Waals surface area contributed by atoms with Gasteiger partial charge in [-0.3, -0.25) is 4.79 Å². The lowest BCUT2D eigenvalue weighted by atomic mass is 10.1. The Hall–Kier alpha value is -2.13. The molecule has 0 fully saturated rings. The van der Waals surface area contributed by atoms with E-state index >= 15 is 0 Å². The van der Waals surface area contributed by atoms with Crippen LogP contribution in [0.2, 0.25) is 0 Å². The van der Waals surface area contributed by atoms with Gasteiger partial charge >= 0.3 is 0 Å². The first-order valence-electron chi connectivity index (χ1n) is 7.17. The second-order valence-corrected chi connectivity index (χ2v) is 4.96. The summed E-state index contributed by atoms with van der Waals surface area (Å²) >= 11 is 0. The van der Waals surface area contributed by atoms with Crippen molar-refractivity contribution in [1.29, 1.82) is 0 Å². The first-order valence-corrected chi connectivity index (χ1v) is 7.17. The van der Waals surface area contributed by atoms with Crippen molar-refractivity contribution in [3.05, 3.63) is 65.2 Å². The molecule has 0 amide bonds. The van der Waals surface area contributed by atoms with Crippen LogP contribution in [0.3, 0.4) is 0 Å². The fourth-order valence-corrected chi connectivity index (χ4v) is 2.11. The number of carbonyl (C=O) groups excluding carboxylic acids is 1. The van der Waals surface area contributed by atoms with Gasteiger partial charge in [0.15, 0.2) is 12.4 Å². The van der Waals surface area contributed by atoms with Crippen LogP contribution in [0.1, 0.15) is 34.8 Å². The third-order valence-electron chi connectivity index (χ3n) is 3.27. The Morgan fingerprint density at radius 2 is 1.86 bits per heavy atom. The van der Waals surface area contributed by atoms with Gasteiger partial charge in [0.05, 0.1) is 6.61 Å². The van der Waals surface area contributed by atoms with Gasteiger partial charge in [-0.1, -0.05) is 49.7 Å². The molecule has 0 atom stereocenters. The molecule has 0 radical (unpaired) electrons. The molecular weight excluding hydrogens is 264 g/mol. The standard InChI is InChI=1S/C18H20O3/c1-2-4-14-7-9-16(10-8-14)18(20)13-21-17-6-3-5-15(11-17)12-19/h3,5-11,19H,2,4,12-13H2,1H3. The van der Waals surface area contributed by atoms with E-state index in [1.165, 1.54) is 5.56 Å². The minimum Gasteiger partial charge on any atom is -0.485 e. The SMILES string of the molecule is CCCc1ccc(C(=O)COc2cccc(CO)c2)cc1. The molecule has 2 aromatic rings. The number of hydrogen-bond donors (Lipinski definition) is 1. The molecule has 3 nitrogen and oxygen atoms in total. The topological polar surface area (TPSA) is 46.5 Å². The number of ketones is 1. The van der Waals surface area contributed by atoms with Crippen LogP contribution in [0.4, 0.5) is 0 Å². The lowest BCUT2D eigenvalue weighted by molar-refractivity contribution is 0.0921. The van der Waals surface area contributed by atoms with Crippen molar-refractivity contribution in [3.63, 3.8) is 0 Å². The highest BCUT2D eigenvalue weighted by atomic mass is 16.5. The maximum Gasteiger partial charge on any atom is 0.200 e. The van der Waals surface area contributed by atoms with Crippen LogP contribution in [-0.2, 0) is 13.0 Å². The Labute approximate surface area is 125 Å². The zero-order chi connectivity index (χ0) is 15.1. The number of aliphatic hydroxyl groups is 1. The molecule has 1 N–H and O–H groups in total. The van der Waals surface area contributed by atoms with Gasteiger partial charge in [-0.25, -0.2) is 0 Å². The molecule has 2 rings (SSSR count). The number of benzene rings is 2. The quantitative estimate of drug-likeness (QED) is 0.793. The zero-order valence-electron chi connectivity index (χ0n) is 12.2. The van der Waals surface area contributed by atoms with Crippen molar-refractivity contribution < 1.29 is 14.6 Å². The molecule has 0 aliphatic rings. The van der Waals surface area contributed by atoms with E-state index in [4.69, 9.17) is 9.84 Å². The van der Waals surface area contributed by atoms with Gasteiger partial charge in [0.2, 0.25) is 0 Å². The second-order valence-electron chi connectivity index (χ2n) is 4.96. The van der Waals surface area contributed by atoms with E-state index in [-0.39, 0.29) is 19.0 Å². The van der Waals surface area contributed by atoms with E-state index in [2.05, 4.69) is 6.92 Å². The summed E-state index contributed by atoms with van der Waals surface area (Å²) in [7, 11) is 0. The van der Waals surface area contributed by atoms with Crippen molar-refractivity contribution in [3.8, 4) is 5.75 Å². The Balaban J connectivity index is 1.94. The van der Waals surface area contributed by atoms with E-state index < -0.39 is 0 Å². The second kappa shape index (κ2) is 7.60. The monoisotopic (exact) mass is 284 g/mol. The van der Waals surface area contributed by atoms with E-state index in [1.807, 2.05) is 24.3 Å². The molecule has 3 heteroatoms. The maximum absolute atomic E-state index is 12.1. The molecule has 110 valence electrons. The lowest BCUT2D eigenvalue weighted by Crippen LogP contribution is -2.11. The third-order valence-corrected chi connectivity index (χ3v) is 3.27. The molecule has 0 heterocycles. The van der Waals surface area contributed by atoms with Gasteiger partial charge in [0.25, 0.3) is 0 Å². The Bertz CT molecular complexity index is 588. The summed E-state index contributed by atoms with van der Waals surface area (Å²) in [5.74, 6) is 0.546. The summed E-state index contributed by atoms with van der Waals surface area (Å²) < 4.78 is 5.48. The molecule has 21 heavy (non-hydrogen) atoms. The smallest absolute Gasteiger partial charge is 0.200 e. The molecule has 0 aromatic heterocycles. The van der Waals surface area contributed by atoms with Crippen LogP contribution in [-0.4, -0.2) is 17.5 Å². The van der Waals surface area contributed by atoms with Gasteiger partial charge in [0.1, 0.15) is 5.75 Å². The molecule has 2 aromatic carbocycles. The van der Waals surface area contributed by atoms with E-state index in [1.54, 1.807) is 24.3 Å². The summed E-state index contributed by atoms with van der Waals surface area (Å²) in [6, 6.07) is 14.8. The van der Waals surface area contributed by atoms with Crippen molar-refractivity contribution in [2.75, 3.05) is 6.61 Å². The number of rotatable bonds is 7. The summed E-state index contributed by atoms with van der Waals surface area (Å²) in [5, 5.41) is 9.06. The molecule has 0 spiro atoms. The predicted molar refractivity (Wildman–Crippen MR) is 82.6 cm³/mol.